The minimum Gasteiger partial charge on any atom is -0.725 e. The van der Waals surface area contributed by atoms with Crippen molar-refractivity contribution in [2.75, 3.05) is 0 Å². The second-order valence-corrected chi connectivity index (χ2v) is 7.33. The summed E-state index contributed by atoms with van der Waals surface area (Å²) in [6, 6.07) is 7.25. The van der Waals surface area contributed by atoms with Crippen LogP contribution in [-0.2, 0) is 20.4 Å². The molecule has 2 N–H and O–H groups in total. The summed E-state index contributed by atoms with van der Waals surface area (Å²) in [6.45, 7) is 0. The molecule has 0 aliphatic heterocycles. The Hall–Kier alpha value is -0.0300. The van der Waals surface area contributed by atoms with Gasteiger partial charge in [0.1, 0.15) is 0 Å². The zero-order chi connectivity index (χ0) is 13.3. The molecule has 0 saturated carbocycles. The average Bonchev–Trinajstić information content (AvgIpc) is 2.15. The van der Waals surface area contributed by atoms with Crippen molar-refractivity contribution in [3.05, 3.63) is 35.9 Å². The molecule has 0 fully saturated rings. The largest absolute Gasteiger partial charge is 0.725 e. The third-order valence-electron chi connectivity index (χ3n) is 1.79. The van der Waals surface area contributed by atoms with Crippen LogP contribution in [0.25, 0.3) is 0 Å². The lowest BCUT2D eigenvalue weighted by Gasteiger charge is -2.34. The van der Waals surface area contributed by atoms with E-state index in [1.165, 1.54) is 24.3 Å². The normalized spacial score (nSPS) is 13.7. The van der Waals surface area contributed by atoms with Gasteiger partial charge in [0.2, 0.25) is 16.2 Å². The number of hydrogen-bond donors (Lipinski definition) is 2. The van der Waals surface area contributed by atoms with E-state index < -0.39 is 19.6 Å². The van der Waals surface area contributed by atoms with Gasteiger partial charge in [0.05, 0.1) is 0 Å². The van der Waals surface area contributed by atoms with Crippen LogP contribution in [0.15, 0.2) is 30.3 Å². The maximum atomic E-state index is 10.5. The molecule has 1 aromatic carbocycles. The Bertz CT molecular complexity index is 484. The number of benzene rings is 1. The van der Waals surface area contributed by atoms with Gasteiger partial charge in [0.25, 0.3) is 3.42 Å². The van der Waals surface area contributed by atoms with Gasteiger partial charge in [-0.15, -0.1) is 0 Å². The molecule has 0 atom stereocenters. The second-order valence-electron chi connectivity index (χ2n) is 3.05. The molecule has 0 aromatic heterocycles. The Balaban J connectivity index is 3.13. The smallest absolute Gasteiger partial charge is 0.252 e. The van der Waals surface area contributed by atoms with Crippen LogP contribution in [0.3, 0.4) is 0 Å². The molecule has 1 rings (SSSR count). The van der Waals surface area contributed by atoms with E-state index in [1.807, 2.05) is 0 Å². The molecule has 0 spiro atoms. The van der Waals surface area contributed by atoms with Crippen molar-refractivity contribution in [3.8, 4) is 0 Å². The summed E-state index contributed by atoms with van der Waals surface area (Å²) >= 11 is 5.18. The Morgan fingerprint density at radius 3 is 2.06 bits per heavy atom. The first-order valence-corrected chi connectivity index (χ1v) is 7.03. The maximum absolute atomic E-state index is 10.5. The zero-order valence-corrected chi connectivity index (χ0v) is 12.1. The highest BCUT2D eigenvalue weighted by molar-refractivity contribution is 9.25. The highest BCUT2D eigenvalue weighted by Gasteiger charge is 2.50. The lowest BCUT2D eigenvalue weighted by Crippen LogP contribution is -2.45. The first kappa shape index (κ1) is 15.0. The van der Waals surface area contributed by atoms with Crippen molar-refractivity contribution in [3.63, 3.8) is 0 Å². The van der Waals surface area contributed by atoms with E-state index in [1.54, 1.807) is 6.07 Å². The Morgan fingerprint density at radius 1 is 1.18 bits per heavy atom. The molecule has 0 amide bonds. The van der Waals surface area contributed by atoms with Crippen molar-refractivity contribution in [1.29, 1.82) is 0 Å². The number of hydrogen-bond acceptors (Lipinski definition) is 6. The van der Waals surface area contributed by atoms with Gasteiger partial charge in [-0.25, -0.2) is 12.6 Å². The minimum atomic E-state index is -5.14. The Kier molecular flexibility index (Phi) is 4.35. The zero-order valence-electron chi connectivity index (χ0n) is 8.08. The second kappa shape index (κ2) is 4.92. The van der Waals surface area contributed by atoms with Crippen molar-refractivity contribution in [2.24, 2.45) is 0 Å². The molecular formula is C8H7Br2O6S-. The fourth-order valence-electron chi connectivity index (χ4n) is 1.02. The third kappa shape index (κ3) is 3.71. The van der Waals surface area contributed by atoms with Crippen molar-refractivity contribution in [2.45, 2.75) is 9.21 Å². The van der Waals surface area contributed by atoms with Crippen LogP contribution in [0.1, 0.15) is 5.56 Å². The van der Waals surface area contributed by atoms with Gasteiger partial charge in [-0.1, -0.05) is 30.3 Å². The average molecular weight is 391 g/mol. The van der Waals surface area contributed by atoms with Crippen LogP contribution >= 0.6 is 31.9 Å². The SMILES string of the molecule is O=S(=O)([O-])OC(Br)(Br)C(O)(O)c1ccccc1. The van der Waals surface area contributed by atoms with Gasteiger partial charge in [0.15, 0.2) is 0 Å². The third-order valence-corrected chi connectivity index (χ3v) is 4.10. The molecule has 96 valence electrons. The number of aliphatic hydroxyl groups is 2. The highest BCUT2D eigenvalue weighted by atomic mass is 79.9. The Labute approximate surface area is 114 Å². The van der Waals surface area contributed by atoms with Crippen LogP contribution < -0.4 is 0 Å². The Morgan fingerprint density at radius 2 is 1.65 bits per heavy atom. The van der Waals surface area contributed by atoms with Crippen LogP contribution in [0, 0.1) is 0 Å². The van der Waals surface area contributed by atoms with Gasteiger partial charge in [-0.3, -0.25) is 0 Å². The predicted molar refractivity (Wildman–Crippen MR) is 63.9 cm³/mol. The standard InChI is InChI=1S/C8H8Br2O6S/c9-8(10,16-17(13,14)15)7(11,12)6-4-2-1-3-5-6/h1-5,11-12H,(H,13,14,15)/p-1. The molecule has 0 aliphatic carbocycles. The van der Waals surface area contributed by atoms with Gasteiger partial charge in [-0.05, 0) is 31.9 Å². The number of alkyl halides is 2. The van der Waals surface area contributed by atoms with Crippen LogP contribution in [0.5, 0.6) is 0 Å². The van der Waals surface area contributed by atoms with E-state index in [0.29, 0.717) is 0 Å². The molecule has 1 aromatic rings. The first-order valence-electron chi connectivity index (χ1n) is 4.11. The lowest BCUT2D eigenvalue weighted by atomic mass is 10.1. The first-order chi connectivity index (χ1) is 7.56. The fourth-order valence-corrected chi connectivity index (χ4v) is 2.83. The molecular weight excluding hydrogens is 384 g/mol. The summed E-state index contributed by atoms with van der Waals surface area (Å²) < 4.78 is 33.0. The van der Waals surface area contributed by atoms with Gasteiger partial charge in [-0.2, -0.15) is 0 Å². The summed E-state index contributed by atoms with van der Waals surface area (Å²) in [5.74, 6) is -2.77. The molecule has 17 heavy (non-hydrogen) atoms. The summed E-state index contributed by atoms with van der Waals surface area (Å²) in [5.41, 5.74) is -0.0719. The molecule has 0 heterocycles. The number of rotatable bonds is 4. The summed E-state index contributed by atoms with van der Waals surface area (Å²) in [5, 5.41) is 19.6. The van der Waals surface area contributed by atoms with Crippen molar-refractivity contribution < 1.29 is 27.4 Å². The molecule has 0 aliphatic rings. The van der Waals surface area contributed by atoms with E-state index >= 15 is 0 Å². The minimum absolute atomic E-state index is 0.0719. The molecule has 0 unspecified atom stereocenters. The topological polar surface area (TPSA) is 107 Å². The number of halogens is 2. The van der Waals surface area contributed by atoms with Crippen molar-refractivity contribution in [1.82, 2.24) is 0 Å². The van der Waals surface area contributed by atoms with Gasteiger partial charge >= 0.3 is 0 Å². The van der Waals surface area contributed by atoms with Gasteiger partial charge in [0, 0.05) is 5.56 Å². The van der Waals surface area contributed by atoms with Crippen LogP contribution in [-0.4, -0.2) is 26.6 Å². The van der Waals surface area contributed by atoms with E-state index in [2.05, 4.69) is 36.0 Å². The molecule has 9 heteroatoms. The summed E-state index contributed by atoms with van der Waals surface area (Å²) in [4.78, 5) is 0. The highest BCUT2D eigenvalue weighted by Crippen LogP contribution is 2.44. The maximum Gasteiger partial charge on any atom is 0.252 e. The van der Waals surface area contributed by atoms with E-state index in [0.717, 1.165) is 0 Å². The summed E-state index contributed by atoms with van der Waals surface area (Å²) in [7, 11) is -5.14. The van der Waals surface area contributed by atoms with E-state index in [-0.39, 0.29) is 5.56 Å². The van der Waals surface area contributed by atoms with E-state index in [9.17, 15) is 23.2 Å². The van der Waals surface area contributed by atoms with Crippen LogP contribution in [0.4, 0.5) is 0 Å². The summed E-state index contributed by atoms with van der Waals surface area (Å²) in [6.07, 6.45) is 0. The molecule has 6 nitrogen and oxygen atoms in total. The van der Waals surface area contributed by atoms with Crippen molar-refractivity contribution >= 4 is 42.3 Å². The van der Waals surface area contributed by atoms with Gasteiger partial charge < -0.3 is 14.8 Å². The fraction of sp³-hybridized carbons (Fsp3) is 0.250. The molecule has 0 saturated heterocycles. The molecule has 0 radical (unpaired) electrons. The quantitative estimate of drug-likeness (QED) is 0.340. The van der Waals surface area contributed by atoms with Crippen LogP contribution in [0.2, 0.25) is 0 Å². The molecule has 0 bridgehead atoms. The predicted octanol–water partition coefficient (Wildman–Crippen LogP) is 0.744. The lowest BCUT2D eigenvalue weighted by molar-refractivity contribution is -0.208. The van der Waals surface area contributed by atoms with E-state index in [4.69, 9.17) is 0 Å². The monoisotopic (exact) mass is 389 g/mol.